The first-order chi connectivity index (χ1) is 14.5. The lowest BCUT2D eigenvalue weighted by Gasteiger charge is -2.14. The Hall–Kier alpha value is -2.32. The summed E-state index contributed by atoms with van der Waals surface area (Å²) in [6.45, 7) is 5.12. The van der Waals surface area contributed by atoms with Gasteiger partial charge in [0, 0.05) is 18.7 Å². The number of methoxy groups -OCH3 is 1. The van der Waals surface area contributed by atoms with Crippen molar-refractivity contribution in [3.63, 3.8) is 0 Å². The van der Waals surface area contributed by atoms with E-state index in [0.717, 1.165) is 5.56 Å². The monoisotopic (exact) mass is 492 g/mol. The molecule has 1 aliphatic rings. The first-order valence-electron chi connectivity index (χ1n) is 9.48. The van der Waals surface area contributed by atoms with Gasteiger partial charge in [-0.05, 0) is 71.4 Å². The number of halogens is 2. The zero-order valence-electron chi connectivity index (χ0n) is 16.9. The summed E-state index contributed by atoms with van der Waals surface area (Å²) >= 11 is 4.87. The Bertz CT molecular complexity index is 1010. The number of hydrogen-bond donors (Lipinski definition) is 0. The molecule has 0 aromatic heterocycles. The molecule has 0 bridgehead atoms. The maximum Gasteiger partial charge on any atom is 0.266 e. The maximum atomic E-state index is 13.9. The van der Waals surface area contributed by atoms with Crippen molar-refractivity contribution < 1.29 is 18.7 Å². The van der Waals surface area contributed by atoms with E-state index in [0.29, 0.717) is 44.7 Å². The SMILES string of the molecule is CCN=C1S/C(=C/c2cc(Br)c(OCc3ccccc3F)c(OC)c2)C(=O)N1CC. The van der Waals surface area contributed by atoms with Crippen LogP contribution in [0.15, 0.2) is 50.8 Å². The van der Waals surface area contributed by atoms with Gasteiger partial charge in [0.15, 0.2) is 16.7 Å². The number of likely N-dealkylation sites (N-methyl/N-ethyl adjacent to an activating group) is 1. The molecule has 5 nitrogen and oxygen atoms in total. The smallest absolute Gasteiger partial charge is 0.266 e. The third kappa shape index (κ3) is 4.87. The van der Waals surface area contributed by atoms with Crippen LogP contribution >= 0.6 is 27.7 Å². The minimum Gasteiger partial charge on any atom is -0.493 e. The minimum absolute atomic E-state index is 0.0651. The molecule has 0 atom stereocenters. The Morgan fingerprint density at radius 2 is 2.03 bits per heavy atom. The zero-order chi connectivity index (χ0) is 21.7. The quantitative estimate of drug-likeness (QED) is 0.479. The summed E-state index contributed by atoms with van der Waals surface area (Å²) in [6.07, 6.45) is 1.81. The molecule has 0 unspecified atom stereocenters. The molecule has 30 heavy (non-hydrogen) atoms. The number of rotatable bonds is 7. The van der Waals surface area contributed by atoms with Crippen molar-refractivity contribution in [2.45, 2.75) is 20.5 Å². The van der Waals surface area contributed by atoms with Crippen LogP contribution in [-0.2, 0) is 11.4 Å². The minimum atomic E-state index is -0.323. The number of benzene rings is 2. The maximum absolute atomic E-state index is 13.9. The van der Waals surface area contributed by atoms with E-state index in [2.05, 4.69) is 20.9 Å². The largest absolute Gasteiger partial charge is 0.493 e. The molecule has 1 fully saturated rings. The molecule has 0 N–H and O–H groups in total. The number of hydrogen-bond acceptors (Lipinski definition) is 5. The van der Waals surface area contributed by atoms with Gasteiger partial charge in [-0.15, -0.1) is 0 Å². The van der Waals surface area contributed by atoms with Gasteiger partial charge in [0.05, 0.1) is 16.5 Å². The third-order valence-electron chi connectivity index (χ3n) is 4.38. The number of carbonyl (C=O) groups is 1. The van der Waals surface area contributed by atoms with Gasteiger partial charge in [-0.3, -0.25) is 14.7 Å². The number of amidine groups is 1. The predicted molar refractivity (Wildman–Crippen MR) is 122 cm³/mol. The van der Waals surface area contributed by atoms with Gasteiger partial charge in [0.1, 0.15) is 12.4 Å². The summed E-state index contributed by atoms with van der Waals surface area (Å²) in [5, 5.41) is 0.715. The highest BCUT2D eigenvalue weighted by molar-refractivity contribution is 9.10. The topological polar surface area (TPSA) is 51.1 Å². The second-order valence-corrected chi connectivity index (χ2v) is 8.19. The molecule has 0 saturated carbocycles. The molecule has 8 heteroatoms. The fourth-order valence-corrected chi connectivity index (χ4v) is 4.60. The molecule has 1 aliphatic heterocycles. The van der Waals surface area contributed by atoms with E-state index < -0.39 is 0 Å². The van der Waals surface area contributed by atoms with Gasteiger partial charge in [-0.1, -0.05) is 18.2 Å². The summed E-state index contributed by atoms with van der Waals surface area (Å²) in [6, 6.07) is 10.1. The van der Waals surface area contributed by atoms with Gasteiger partial charge < -0.3 is 9.47 Å². The Morgan fingerprint density at radius 3 is 2.70 bits per heavy atom. The van der Waals surface area contributed by atoms with Crippen molar-refractivity contribution >= 4 is 44.8 Å². The number of nitrogens with zero attached hydrogens (tertiary/aromatic N) is 2. The van der Waals surface area contributed by atoms with Crippen molar-refractivity contribution in [1.82, 2.24) is 4.90 Å². The van der Waals surface area contributed by atoms with Crippen LogP contribution in [0.1, 0.15) is 25.0 Å². The second kappa shape index (κ2) is 10.1. The average molecular weight is 493 g/mol. The lowest BCUT2D eigenvalue weighted by molar-refractivity contribution is -0.122. The number of ether oxygens (including phenoxy) is 2. The third-order valence-corrected chi connectivity index (χ3v) is 6.01. The first-order valence-corrected chi connectivity index (χ1v) is 11.1. The normalized spacial score (nSPS) is 16.6. The van der Waals surface area contributed by atoms with Gasteiger partial charge >= 0.3 is 0 Å². The number of amides is 1. The molecule has 1 saturated heterocycles. The summed E-state index contributed by atoms with van der Waals surface area (Å²) in [7, 11) is 1.54. The summed E-state index contributed by atoms with van der Waals surface area (Å²) in [4.78, 5) is 19.3. The zero-order valence-corrected chi connectivity index (χ0v) is 19.3. The highest BCUT2D eigenvalue weighted by Crippen LogP contribution is 2.39. The standard InChI is InChI=1S/C22H22BrFN2O3S/c1-4-25-22-26(5-2)21(27)19(30-22)12-14-10-16(23)20(18(11-14)28-3)29-13-15-8-6-7-9-17(15)24/h6-12H,4-5,13H2,1-3H3/b19-12+,25-22?. The fraction of sp³-hybridized carbons (Fsp3) is 0.273. The first kappa shape index (κ1) is 22.4. The number of thioether (sulfide) groups is 1. The lowest BCUT2D eigenvalue weighted by Crippen LogP contribution is -2.28. The number of carbonyl (C=O) groups excluding carboxylic acids is 1. The second-order valence-electron chi connectivity index (χ2n) is 6.33. The van der Waals surface area contributed by atoms with Crippen molar-refractivity contribution in [1.29, 1.82) is 0 Å². The Morgan fingerprint density at radius 1 is 1.27 bits per heavy atom. The van der Waals surface area contributed by atoms with Crippen molar-refractivity contribution in [3.8, 4) is 11.5 Å². The molecule has 1 heterocycles. The van der Waals surface area contributed by atoms with Gasteiger partial charge in [0.2, 0.25) is 0 Å². The molecule has 2 aromatic carbocycles. The number of aliphatic imine (C=N–C) groups is 1. The van der Waals surface area contributed by atoms with Crippen LogP contribution < -0.4 is 9.47 Å². The van der Waals surface area contributed by atoms with E-state index in [4.69, 9.17) is 9.47 Å². The Kier molecular flexibility index (Phi) is 7.55. The summed E-state index contributed by atoms with van der Waals surface area (Å²) in [5.41, 5.74) is 1.23. The van der Waals surface area contributed by atoms with Crippen LogP contribution in [0.25, 0.3) is 6.08 Å². The fourth-order valence-electron chi connectivity index (χ4n) is 2.92. The van der Waals surface area contributed by atoms with Crippen LogP contribution in [0.4, 0.5) is 4.39 Å². The molecule has 0 spiro atoms. The van der Waals surface area contributed by atoms with E-state index in [1.807, 2.05) is 26.0 Å². The highest BCUT2D eigenvalue weighted by Gasteiger charge is 2.31. The highest BCUT2D eigenvalue weighted by atomic mass is 79.9. The van der Waals surface area contributed by atoms with Gasteiger partial charge in [-0.2, -0.15) is 0 Å². The van der Waals surface area contributed by atoms with Crippen LogP contribution in [0.2, 0.25) is 0 Å². The van der Waals surface area contributed by atoms with E-state index >= 15 is 0 Å². The van der Waals surface area contributed by atoms with Crippen LogP contribution in [0.5, 0.6) is 11.5 Å². The Balaban J connectivity index is 1.87. The van der Waals surface area contributed by atoms with Gasteiger partial charge in [-0.25, -0.2) is 4.39 Å². The van der Waals surface area contributed by atoms with Crippen molar-refractivity contribution in [2.75, 3.05) is 20.2 Å². The van der Waals surface area contributed by atoms with Crippen LogP contribution in [0, 0.1) is 5.82 Å². The molecule has 158 valence electrons. The predicted octanol–water partition coefficient (Wildman–Crippen LogP) is 5.49. The lowest BCUT2D eigenvalue weighted by atomic mass is 10.1. The molecular formula is C22H22BrFN2O3S. The van der Waals surface area contributed by atoms with E-state index in [1.54, 1.807) is 29.2 Å². The Labute approximate surface area is 188 Å². The van der Waals surface area contributed by atoms with Crippen molar-refractivity contribution in [3.05, 3.63) is 62.7 Å². The van der Waals surface area contributed by atoms with E-state index in [1.165, 1.54) is 24.9 Å². The van der Waals surface area contributed by atoms with Gasteiger partial charge in [0.25, 0.3) is 5.91 Å². The summed E-state index contributed by atoms with van der Waals surface area (Å²) in [5.74, 6) is 0.565. The summed E-state index contributed by atoms with van der Waals surface area (Å²) < 4.78 is 25.8. The molecule has 1 amide bonds. The molecular weight excluding hydrogens is 471 g/mol. The molecule has 0 aliphatic carbocycles. The molecule has 0 radical (unpaired) electrons. The van der Waals surface area contributed by atoms with Crippen molar-refractivity contribution in [2.24, 2.45) is 4.99 Å². The average Bonchev–Trinajstić information content (AvgIpc) is 3.02. The van der Waals surface area contributed by atoms with E-state index in [-0.39, 0.29) is 18.3 Å². The molecule has 2 aromatic rings. The van der Waals surface area contributed by atoms with Crippen LogP contribution in [-0.4, -0.2) is 36.2 Å². The van der Waals surface area contributed by atoms with E-state index in [9.17, 15) is 9.18 Å². The molecule has 3 rings (SSSR count). The van der Waals surface area contributed by atoms with Crippen LogP contribution in [0.3, 0.4) is 0 Å².